The van der Waals surface area contributed by atoms with E-state index in [0.717, 1.165) is 74.5 Å². The minimum Gasteiger partial charge on any atom is -0.378 e. The number of piperidine rings is 1. The number of hydrogen-bond acceptors (Lipinski definition) is 5. The molecule has 2 aliphatic heterocycles. The van der Waals surface area contributed by atoms with Gasteiger partial charge in [-0.1, -0.05) is 18.2 Å². The van der Waals surface area contributed by atoms with Gasteiger partial charge >= 0.3 is 6.03 Å². The van der Waals surface area contributed by atoms with Crippen molar-refractivity contribution < 1.29 is 9.53 Å². The number of rotatable bonds is 3. The number of anilines is 2. The topological polar surface area (TPSA) is 70.6 Å². The molecule has 7 nitrogen and oxygen atoms in total. The highest BCUT2D eigenvalue weighted by Gasteiger charge is 2.26. The molecule has 160 valence electrons. The molecule has 0 spiro atoms. The fourth-order valence-corrected chi connectivity index (χ4v) is 4.49. The van der Waals surface area contributed by atoms with Crippen molar-refractivity contribution in [3.63, 3.8) is 0 Å². The maximum Gasteiger partial charge on any atom is 0.321 e. The van der Waals surface area contributed by atoms with Crippen LogP contribution in [0.5, 0.6) is 0 Å². The number of morpholine rings is 1. The Morgan fingerprint density at radius 3 is 2.45 bits per heavy atom. The second-order valence-electron chi connectivity index (χ2n) is 8.11. The van der Waals surface area contributed by atoms with Gasteiger partial charge in [0, 0.05) is 48.9 Å². The summed E-state index contributed by atoms with van der Waals surface area (Å²) < 4.78 is 5.41. The third-order valence-electron chi connectivity index (χ3n) is 6.24. The first-order valence-electron chi connectivity index (χ1n) is 11.0. The Bertz CT molecular complexity index is 1040. The Labute approximate surface area is 182 Å². The molecule has 1 aromatic heterocycles. The van der Waals surface area contributed by atoms with Crippen LogP contribution in [0.25, 0.3) is 10.9 Å². The summed E-state index contributed by atoms with van der Waals surface area (Å²) in [5.41, 5.74) is 4.07. The fraction of sp³-hybridized carbons (Fsp3) is 0.375. The number of urea groups is 1. The van der Waals surface area contributed by atoms with Gasteiger partial charge < -0.3 is 19.9 Å². The van der Waals surface area contributed by atoms with Gasteiger partial charge in [-0.3, -0.25) is 0 Å². The van der Waals surface area contributed by atoms with E-state index in [0.29, 0.717) is 5.92 Å². The molecule has 3 heterocycles. The molecule has 0 radical (unpaired) electrons. The van der Waals surface area contributed by atoms with Crippen LogP contribution in [0.1, 0.15) is 24.5 Å². The maximum atomic E-state index is 12.8. The van der Waals surface area contributed by atoms with Gasteiger partial charge in [0.15, 0.2) is 0 Å². The van der Waals surface area contributed by atoms with Crippen LogP contribution in [0.2, 0.25) is 0 Å². The van der Waals surface area contributed by atoms with Gasteiger partial charge in [-0.05, 0) is 43.2 Å². The number of hydrogen-bond donors (Lipinski definition) is 1. The zero-order valence-electron chi connectivity index (χ0n) is 17.5. The van der Waals surface area contributed by atoms with Gasteiger partial charge in [0.25, 0.3) is 0 Å². The Kier molecular flexibility index (Phi) is 5.67. The average molecular weight is 418 g/mol. The second-order valence-corrected chi connectivity index (χ2v) is 8.11. The second kappa shape index (κ2) is 8.89. The van der Waals surface area contributed by atoms with Gasteiger partial charge in [0.1, 0.15) is 6.33 Å². The number of carbonyl (C=O) groups is 1. The number of carbonyl (C=O) groups excluding carboxylic acids is 1. The number of fused-ring (bicyclic) bond motifs is 1. The quantitative estimate of drug-likeness (QED) is 0.700. The van der Waals surface area contributed by atoms with Crippen LogP contribution >= 0.6 is 0 Å². The van der Waals surface area contributed by atoms with E-state index in [2.05, 4.69) is 38.4 Å². The molecule has 2 aliphatic rings. The van der Waals surface area contributed by atoms with Gasteiger partial charge in [0.2, 0.25) is 0 Å². The number of nitrogens with zero attached hydrogens (tertiary/aromatic N) is 4. The maximum absolute atomic E-state index is 12.8. The summed E-state index contributed by atoms with van der Waals surface area (Å²) in [5.74, 6) is 0.352. The van der Waals surface area contributed by atoms with Crippen LogP contribution in [0.3, 0.4) is 0 Å². The van der Waals surface area contributed by atoms with Crippen molar-refractivity contribution in [2.24, 2.45) is 0 Å². The molecule has 5 rings (SSSR count). The summed E-state index contributed by atoms with van der Waals surface area (Å²) in [6.07, 6.45) is 3.46. The molecule has 7 heteroatoms. The lowest BCUT2D eigenvalue weighted by molar-refractivity contribution is 0.122. The molecule has 31 heavy (non-hydrogen) atoms. The van der Waals surface area contributed by atoms with Crippen LogP contribution in [0.4, 0.5) is 16.2 Å². The normalized spacial score (nSPS) is 17.7. The lowest BCUT2D eigenvalue weighted by Crippen LogP contribution is -2.40. The molecule has 1 N–H and O–H groups in total. The van der Waals surface area contributed by atoms with Crippen molar-refractivity contribution >= 4 is 28.3 Å². The predicted octanol–water partition coefficient (Wildman–Crippen LogP) is 3.88. The van der Waals surface area contributed by atoms with Crippen LogP contribution in [-0.4, -0.2) is 60.3 Å². The number of para-hydroxylation sites is 1. The molecule has 3 aromatic rings. The number of benzene rings is 2. The third kappa shape index (κ3) is 4.32. The number of amides is 2. The number of ether oxygens (including phenoxy) is 1. The Balaban J connectivity index is 1.18. The van der Waals surface area contributed by atoms with Gasteiger partial charge in [-0.2, -0.15) is 0 Å². The molecule has 2 saturated heterocycles. The highest BCUT2D eigenvalue weighted by Crippen LogP contribution is 2.31. The summed E-state index contributed by atoms with van der Waals surface area (Å²) in [4.78, 5) is 25.9. The van der Waals surface area contributed by atoms with Crippen molar-refractivity contribution in [1.82, 2.24) is 14.9 Å². The molecule has 0 saturated carbocycles. The zero-order chi connectivity index (χ0) is 21.0. The lowest BCUT2D eigenvalue weighted by Gasteiger charge is -2.32. The molecular weight excluding hydrogens is 390 g/mol. The monoisotopic (exact) mass is 417 g/mol. The largest absolute Gasteiger partial charge is 0.378 e. The molecule has 0 aliphatic carbocycles. The minimum atomic E-state index is -0.0369. The summed E-state index contributed by atoms with van der Waals surface area (Å²) in [6, 6.07) is 16.2. The first-order chi connectivity index (χ1) is 15.3. The smallest absolute Gasteiger partial charge is 0.321 e. The molecule has 2 amide bonds. The first-order valence-corrected chi connectivity index (χ1v) is 11.0. The van der Waals surface area contributed by atoms with Gasteiger partial charge in [-0.15, -0.1) is 0 Å². The SMILES string of the molecule is O=C(Nc1ccc(N2CCOCC2)cc1)N1CCC(c2ncnc3ccccc23)CC1. The van der Waals surface area contributed by atoms with Crippen LogP contribution in [0.15, 0.2) is 54.9 Å². The van der Waals surface area contributed by atoms with Gasteiger partial charge in [0.05, 0.1) is 24.4 Å². The van der Waals surface area contributed by atoms with Crippen molar-refractivity contribution in [2.75, 3.05) is 49.6 Å². The lowest BCUT2D eigenvalue weighted by atomic mass is 9.91. The van der Waals surface area contributed by atoms with Crippen LogP contribution in [-0.2, 0) is 4.74 Å². The number of likely N-dealkylation sites (tertiary alicyclic amines) is 1. The van der Waals surface area contributed by atoms with Crippen LogP contribution in [0, 0.1) is 0 Å². The number of aromatic nitrogens is 2. The van der Waals surface area contributed by atoms with E-state index in [1.54, 1.807) is 6.33 Å². The Hall–Kier alpha value is -3.19. The van der Waals surface area contributed by atoms with E-state index in [9.17, 15) is 4.79 Å². The average Bonchev–Trinajstić information content (AvgIpc) is 2.85. The third-order valence-corrected chi connectivity index (χ3v) is 6.24. The van der Waals surface area contributed by atoms with Gasteiger partial charge in [-0.25, -0.2) is 14.8 Å². The van der Waals surface area contributed by atoms with E-state index in [1.807, 2.05) is 35.2 Å². The van der Waals surface area contributed by atoms with Crippen molar-refractivity contribution in [1.29, 1.82) is 0 Å². The highest BCUT2D eigenvalue weighted by molar-refractivity contribution is 5.89. The molecule has 0 unspecified atom stereocenters. The standard InChI is InChI=1S/C24H27N5O2/c30-24(27-19-5-7-20(8-6-19)28-13-15-31-16-14-28)29-11-9-18(10-12-29)23-21-3-1-2-4-22(21)25-17-26-23/h1-8,17-18H,9-16H2,(H,27,30). The molecule has 2 aromatic carbocycles. The Morgan fingerprint density at radius 2 is 1.68 bits per heavy atom. The number of nitrogens with one attached hydrogen (secondary N) is 1. The van der Waals surface area contributed by atoms with E-state index < -0.39 is 0 Å². The van der Waals surface area contributed by atoms with Crippen molar-refractivity contribution in [3.8, 4) is 0 Å². The molecule has 2 fully saturated rings. The summed E-state index contributed by atoms with van der Waals surface area (Å²) in [7, 11) is 0. The van der Waals surface area contributed by atoms with E-state index in [1.165, 1.54) is 5.69 Å². The highest BCUT2D eigenvalue weighted by atomic mass is 16.5. The van der Waals surface area contributed by atoms with Crippen LogP contribution < -0.4 is 10.2 Å². The molecule has 0 atom stereocenters. The van der Waals surface area contributed by atoms with Crippen molar-refractivity contribution in [3.05, 3.63) is 60.6 Å². The summed E-state index contributed by atoms with van der Waals surface area (Å²) in [6.45, 7) is 4.78. The van der Waals surface area contributed by atoms with E-state index in [4.69, 9.17) is 4.74 Å². The zero-order valence-corrected chi connectivity index (χ0v) is 17.5. The predicted molar refractivity (Wildman–Crippen MR) is 122 cm³/mol. The molecule has 0 bridgehead atoms. The molecular formula is C24H27N5O2. The van der Waals surface area contributed by atoms with Crippen molar-refractivity contribution in [2.45, 2.75) is 18.8 Å². The van der Waals surface area contributed by atoms with E-state index in [-0.39, 0.29) is 6.03 Å². The minimum absolute atomic E-state index is 0.0369. The summed E-state index contributed by atoms with van der Waals surface area (Å²) >= 11 is 0. The first kappa shape index (κ1) is 19.8. The fourth-order valence-electron chi connectivity index (χ4n) is 4.49. The Morgan fingerprint density at radius 1 is 0.935 bits per heavy atom. The van der Waals surface area contributed by atoms with E-state index >= 15 is 0 Å². The summed E-state index contributed by atoms with van der Waals surface area (Å²) in [5, 5.41) is 4.16.